The molecule has 0 heterocycles. The van der Waals surface area contributed by atoms with E-state index in [1.165, 1.54) is 0 Å². The number of rotatable bonds is 0. The second-order valence-corrected chi connectivity index (χ2v) is 5.44. The molecular weight excluding hydrogens is 478 g/mol. The fourth-order valence-electron chi connectivity index (χ4n) is 1.64. The molecule has 0 bridgehead atoms. The highest BCUT2D eigenvalue weighted by atomic mass is 79.9. The monoisotopic (exact) mass is 488 g/mol. The van der Waals surface area contributed by atoms with Crippen LogP contribution in [0.3, 0.4) is 0 Å². The number of alkyl halides is 6. The summed E-state index contributed by atoms with van der Waals surface area (Å²) in [5.74, 6) is -7.79. The maximum Gasteiger partial charge on any atom is 0.422 e. The number of phenolic OH excluding ortho intramolecular Hbond substituents is 1. The first kappa shape index (κ1) is 26.0. The van der Waals surface area contributed by atoms with Crippen molar-refractivity contribution in [3.05, 3.63) is 63.1 Å². The lowest BCUT2D eigenvalue weighted by Crippen LogP contribution is -2.11. The fraction of sp³-hybridized carbons (Fsp3) is 0.250. The Morgan fingerprint density at radius 2 is 0.893 bits per heavy atom. The van der Waals surface area contributed by atoms with Crippen molar-refractivity contribution in [3.8, 4) is 5.75 Å². The van der Waals surface area contributed by atoms with Crippen LogP contribution >= 0.6 is 15.9 Å². The second kappa shape index (κ2) is 9.99. The zero-order valence-corrected chi connectivity index (χ0v) is 15.5. The van der Waals surface area contributed by atoms with Crippen molar-refractivity contribution in [2.45, 2.75) is 26.2 Å². The van der Waals surface area contributed by atoms with E-state index in [1.807, 2.05) is 13.8 Å². The van der Waals surface area contributed by atoms with E-state index in [1.54, 1.807) is 0 Å². The summed E-state index contributed by atoms with van der Waals surface area (Å²) in [6, 6.07) is 1.52. The van der Waals surface area contributed by atoms with Crippen LogP contribution in [0.5, 0.6) is 5.75 Å². The molecule has 0 aliphatic rings. The Balaban J connectivity index is 0.000000478. The molecule has 0 aliphatic heterocycles. The second-order valence-electron chi connectivity index (χ2n) is 4.52. The first-order valence-corrected chi connectivity index (χ1v) is 7.90. The molecule has 0 fully saturated rings. The zero-order chi connectivity index (χ0) is 22.4. The molecule has 0 amide bonds. The molecule has 0 radical (unpaired) electrons. The molecule has 2 aromatic carbocycles. The van der Waals surface area contributed by atoms with E-state index < -0.39 is 52.5 Å². The summed E-state index contributed by atoms with van der Waals surface area (Å²) in [4.78, 5) is 0. The fourth-order valence-corrected chi connectivity index (χ4v) is 2.05. The third-order valence-corrected chi connectivity index (χ3v) is 3.06. The van der Waals surface area contributed by atoms with Crippen molar-refractivity contribution < 1.29 is 49.0 Å². The molecule has 0 spiro atoms. The minimum Gasteiger partial charge on any atom is -0.508 e. The number of phenols is 1. The summed E-state index contributed by atoms with van der Waals surface area (Å²) in [5.41, 5.74) is -3.86. The molecule has 1 nitrogen and oxygen atoms in total. The predicted molar refractivity (Wildman–Crippen MR) is 83.4 cm³/mol. The zero-order valence-electron chi connectivity index (χ0n) is 13.9. The van der Waals surface area contributed by atoms with Crippen LogP contribution < -0.4 is 0 Å². The van der Waals surface area contributed by atoms with Gasteiger partial charge < -0.3 is 5.11 Å². The average Bonchev–Trinajstić information content (AvgIpc) is 2.44. The molecule has 0 aromatic heterocycles. The predicted octanol–water partition coefficient (Wildman–Crippen LogP) is 7.46. The van der Waals surface area contributed by atoms with Gasteiger partial charge in [-0.15, -0.1) is 0 Å². The Labute approximate surface area is 160 Å². The molecule has 0 atom stereocenters. The van der Waals surface area contributed by atoms with E-state index in [-0.39, 0.29) is 16.6 Å². The van der Waals surface area contributed by atoms with Gasteiger partial charge in [0.15, 0.2) is 0 Å². The van der Waals surface area contributed by atoms with E-state index in [2.05, 4.69) is 15.9 Å². The standard InChI is InChI=1S/C7H2BrF5.C7H3F5O.C2H6/c8-3-1-4(9)6(5(10)2-3)7(11,12)13;8-4-1-3(13)2-5(9)6(4)7(10,11)12;1-2/h1-2H;1-2,13H;1-2H3. The summed E-state index contributed by atoms with van der Waals surface area (Å²) in [7, 11) is 0. The minimum atomic E-state index is -5.10. The van der Waals surface area contributed by atoms with Crippen molar-refractivity contribution in [1.82, 2.24) is 0 Å². The Hall–Kier alpha value is -1.98. The molecule has 2 aromatic rings. The number of hydrogen-bond acceptors (Lipinski definition) is 1. The van der Waals surface area contributed by atoms with E-state index >= 15 is 0 Å². The Kier molecular flexibility index (Phi) is 9.28. The quantitative estimate of drug-likeness (QED) is 0.381. The summed E-state index contributed by atoms with van der Waals surface area (Å²) in [5, 5.41) is 8.54. The molecule has 0 saturated heterocycles. The molecular formula is C16H11BrF10O. The molecule has 12 heteroatoms. The van der Waals surface area contributed by atoms with Gasteiger partial charge in [0.05, 0.1) is 0 Å². The minimum absolute atomic E-state index is 0.0736. The first-order valence-electron chi connectivity index (χ1n) is 7.11. The van der Waals surface area contributed by atoms with E-state index in [4.69, 9.17) is 5.11 Å². The molecule has 158 valence electrons. The van der Waals surface area contributed by atoms with E-state index in [0.29, 0.717) is 12.1 Å². The van der Waals surface area contributed by atoms with Gasteiger partial charge in [-0.1, -0.05) is 29.8 Å². The molecule has 0 aliphatic carbocycles. The maximum absolute atomic E-state index is 12.6. The normalized spacial score (nSPS) is 11.2. The molecule has 28 heavy (non-hydrogen) atoms. The summed E-state index contributed by atoms with van der Waals surface area (Å²) >= 11 is 2.67. The van der Waals surface area contributed by atoms with Crippen LogP contribution in [0.4, 0.5) is 43.9 Å². The van der Waals surface area contributed by atoms with Crippen molar-refractivity contribution in [2.75, 3.05) is 0 Å². The Bertz CT molecular complexity index is 685. The van der Waals surface area contributed by atoms with Crippen LogP contribution in [0.25, 0.3) is 0 Å². The SMILES string of the molecule is CC.Fc1cc(Br)cc(F)c1C(F)(F)F.Oc1cc(F)c(C(F)(F)F)c(F)c1. The topological polar surface area (TPSA) is 20.2 Å². The summed E-state index contributed by atoms with van der Waals surface area (Å²) in [6.45, 7) is 4.00. The lowest BCUT2D eigenvalue weighted by Gasteiger charge is -2.08. The van der Waals surface area contributed by atoms with Gasteiger partial charge in [-0.3, -0.25) is 0 Å². The first-order chi connectivity index (χ1) is 12.6. The highest BCUT2D eigenvalue weighted by Gasteiger charge is 2.38. The van der Waals surface area contributed by atoms with Crippen LogP contribution in [-0.4, -0.2) is 5.11 Å². The van der Waals surface area contributed by atoms with Gasteiger partial charge >= 0.3 is 12.4 Å². The third kappa shape index (κ3) is 7.21. The summed E-state index contributed by atoms with van der Waals surface area (Å²) in [6.07, 6.45) is -10.1. The average molecular weight is 489 g/mol. The van der Waals surface area contributed by atoms with Gasteiger partial charge in [0.25, 0.3) is 0 Å². The number of benzene rings is 2. The van der Waals surface area contributed by atoms with Crippen molar-refractivity contribution in [3.63, 3.8) is 0 Å². The van der Waals surface area contributed by atoms with E-state index in [0.717, 1.165) is 0 Å². The van der Waals surface area contributed by atoms with Gasteiger partial charge in [0, 0.05) is 16.6 Å². The highest BCUT2D eigenvalue weighted by molar-refractivity contribution is 9.10. The summed E-state index contributed by atoms with van der Waals surface area (Å²) < 4.78 is 122. The van der Waals surface area contributed by atoms with Gasteiger partial charge in [-0.25, -0.2) is 17.6 Å². The molecule has 1 N–H and O–H groups in total. The Morgan fingerprint density at radius 1 is 0.643 bits per heavy atom. The smallest absolute Gasteiger partial charge is 0.422 e. The van der Waals surface area contributed by atoms with Gasteiger partial charge in [0.2, 0.25) is 0 Å². The number of hydrogen-bond donors (Lipinski definition) is 1. The molecule has 0 unspecified atom stereocenters. The highest BCUT2D eigenvalue weighted by Crippen LogP contribution is 2.35. The van der Waals surface area contributed by atoms with Crippen LogP contribution in [0, 0.1) is 23.3 Å². The van der Waals surface area contributed by atoms with Crippen LogP contribution in [0.1, 0.15) is 25.0 Å². The van der Waals surface area contributed by atoms with Gasteiger partial charge in [-0.2, -0.15) is 26.3 Å². The Morgan fingerprint density at radius 3 is 1.14 bits per heavy atom. The van der Waals surface area contributed by atoms with Crippen LogP contribution in [0.2, 0.25) is 0 Å². The van der Waals surface area contributed by atoms with Gasteiger partial charge in [0.1, 0.15) is 40.1 Å². The largest absolute Gasteiger partial charge is 0.508 e. The lowest BCUT2D eigenvalue weighted by molar-refractivity contribution is -0.143. The lowest BCUT2D eigenvalue weighted by atomic mass is 10.2. The van der Waals surface area contributed by atoms with Crippen molar-refractivity contribution >= 4 is 15.9 Å². The molecule has 0 saturated carbocycles. The van der Waals surface area contributed by atoms with Crippen molar-refractivity contribution in [2.24, 2.45) is 0 Å². The third-order valence-electron chi connectivity index (χ3n) is 2.60. The van der Waals surface area contributed by atoms with Gasteiger partial charge in [-0.05, 0) is 12.1 Å². The number of aromatic hydroxyl groups is 1. The maximum atomic E-state index is 12.6. The van der Waals surface area contributed by atoms with Crippen LogP contribution in [-0.2, 0) is 12.4 Å². The number of halogens is 11. The van der Waals surface area contributed by atoms with E-state index in [9.17, 15) is 43.9 Å². The molecule has 2 rings (SSSR count). The van der Waals surface area contributed by atoms with Crippen LogP contribution in [0.15, 0.2) is 28.7 Å². The van der Waals surface area contributed by atoms with Crippen molar-refractivity contribution in [1.29, 1.82) is 0 Å².